The molecule has 1 aliphatic carbocycles. The van der Waals surface area contributed by atoms with Crippen LogP contribution in [-0.2, 0) is 33.2 Å². The van der Waals surface area contributed by atoms with Gasteiger partial charge in [0.25, 0.3) is 0 Å². The number of rotatable bonds is 11. The Bertz CT molecular complexity index is 2430. The second-order valence-corrected chi connectivity index (χ2v) is 16.2. The van der Waals surface area contributed by atoms with Gasteiger partial charge in [0, 0.05) is 61.8 Å². The number of benzene rings is 1. The van der Waals surface area contributed by atoms with Gasteiger partial charge in [0.1, 0.15) is 35.2 Å². The first-order valence-electron chi connectivity index (χ1n) is 19.3. The van der Waals surface area contributed by atoms with Gasteiger partial charge in [-0.1, -0.05) is 5.16 Å². The molecule has 2 fully saturated rings. The number of amides is 2. The first kappa shape index (κ1) is 38.2. The van der Waals surface area contributed by atoms with Crippen molar-refractivity contribution in [3.8, 4) is 23.3 Å². The Kier molecular flexibility index (Phi) is 10.5. The zero-order chi connectivity index (χ0) is 39.8. The van der Waals surface area contributed by atoms with Crippen LogP contribution in [0.15, 0.2) is 39.8 Å². The number of nitrogens with two attached hydrogens (primary N) is 1. The molecule has 2 saturated heterocycles. The van der Waals surface area contributed by atoms with Crippen molar-refractivity contribution in [1.82, 2.24) is 39.5 Å². The molecule has 1 aromatic carbocycles. The molecule has 57 heavy (non-hydrogen) atoms. The smallest absolute Gasteiger partial charge is 0.329 e. The lowest BCUT2D eigenvalue weighted by Crippen LogP contribution is -2.44. The summed E-state index contributed by atoms with van der Waals surface area (Å²) in [6.45, 7) is 8.74. The van der Waals surface area contributed by atoms with Crippen LogP contribution < -0.4 is 26.4 Å². The van der Waals surface area contributed by atoms with Crippen molar-refractivity contribution >= 4 is 45.1 Å². The summed E-state index contributed by atoms with van der Waals surface area (Å²) in [5.41, 5.74) is 8.51. The predicted octanol–water partition coefficient (Wildman–Crippen LogP) is 3.31. The lowest BCUT2D eigenvalue weighted by molar-refractivity contribution is -0.135. The number of aryl methyl sites for hydroxylation is 2. The number of hydrogen-bond donors (Lipinski definition) is 2. The monoisotopic (exact) mass is 795 g/mol. The minimum Gasteiger partial charge on any atom is -0.491 e. The normalized spacial score (nSPS) is 21.6. The molecule has 3 aliphatic rings. The number of aromatic nitrogens is 6. The number of thiophene rings is 1. The van der Waals surface area contributed by atoms with E-state index >= 15 is 0 Å². The molecule has 3 N–H and O–H groups in total. The number of nitrogen functional groups attached to an aromatic ring is 1. The summed E-state index contributed by atoms with van der Waals surface area (Å²) >= 11 is 1.47. The van der Waals surface area contributed by atoms with E-state index in [9.17, 15) is 19.6 Å². The summed E-state index contributed by atoms with van der Waals surface area (Å²) in [6.07, 6.45) is 5.70. The maximum absolute atomic E-state index is 13.1. The first-order chi connectivity index (χ1) is 27.5. The molecule has 3 atom stereocenters. The SMILES string of the molecule is C[C@H]1CN(CCOCCOc2ccc3c(c2)n(C)c(=O)n3C2CCC(=O)NC2=O)CCCN1c1nccc(-c2noc([C@]3(C)CCCc4sc(N)c(C#N)c43)n2)n1. The van der Waals surface area contributed by atoms with Gasteiger partial charge in [0.15, 0.2) is 0 Å². The number of ether oxygens (including phenoxy) is 2. The molecule has 8 rings (SSSR count). The largest absolute Gasteiger partial charge is 0.491 e. The highest BCUT2D eigenvalue weighted by atomic mass is 32.1. The van der Waals surface area contributed by atoms with Crippen LogP contribution in [-0.4, -0.2) is 98.0 Å². The number of carbonyl (C=O) groups excluding carboxylic acids is 2. The van der Waals surface area contributed by atoms with Gasteiger partial charge in [0.2, 0.25) is 29.5 Å². The van der Waals surface area contributed by atoms with Crippen LogP contribution in [0, 0.1) is 11.3 Å². The molecular formula is C39H45N11O6S. The van der Waals surface area contributed by atoms with E-state index in [2.05, 4.69) is 38.3 Å². The van der Waals surface area contributed by atoms with Crippen LogP contribution in [0.3, 0.4) is 0 Å². The Balaban J connectivity index is 0.834. The molecule has 5 aromatic rings. The molecular weight excluding hydrogens is 751 g/mol. The van der Waals surface area contributed by atoms with Gasteiger partial charge in [0.05, 0.1) is 35.2 Å². The summed E-state index contributed by atoms with van der Waals surface area (Å²) in [5, 5.41) is 17.1. The van der Waals surface area contributed by atoms with Gasteiger partial charge in [-0.05, 0) is 70.7 Å². The lowest BCUT2D eigenvalue weighted by Gasteiger charge is -2.30. The Morgan fingerprint density at radius 3 is 2.79 bits per heavy atom. The van der Waals surface area contributed by atoms with Crippen LogP contribution in [0.25, 0.3) is 22.6 Å². The van der Waals surface area contributed by atoms with Gasteiger partial charge in [-0.15, -0.1) is 11.3 Å². The Morgan fingerprint density at radius 2 is 1.96 bits per heavy atom. The average molecular weight is 796 g/mol. The number of fused-ring (bicyclic) bond motifs is 2. The zero-order valence-electron chi connectivity index (χ0n) is 32.2. The number of hydrogen-bond acceptors (Lipinski definition) is 15. The standard InChI is InChI=1S/C39H45N11O6S/c1-23-22-48(16-17-54-18-19-55-24-7-8-27-29(20-24)47(3)38(53)50(27)28-9-10-31(51)44-35(28)52)14-5-15-49(23)37-42-13-11-26(43-37)34-45-36(56-46-34)39(2)12-4-6-30-32(39)25(21-40)33(41)57-30/h7-8,11,13,20,23,28H,4-6,9-10,12,14-19,22,41H2,1-3H3,(H,44,51,52)/t23-,28?,39+/m0/s1. The van der Waals surface area contributed by atoms with Gasteiger partial charge >= 0.3 is 5.69 Å². The van der Waals surface area contributed by atoms with Crippen molar-refractivity contribution in [2.75, 3.05) is 56.6 Å². The summed E-state index contributed by atoms with van der Waals surface area (Å²) < 4.78 is 20.7. The van der Waals surface area contributed by atoms with Crippen molar-refractivity contribution in [1.29, 1.82) is 5.26 Å². The molecule has 17 nitrogen and oxygen atoms in total. The molecule has 0 saturated carbocycles. The second kappa shape index (κ2) is 15.7. The number of nitrogens with one attached hydrogen (secondary N) is 1. The van der Waals surface area contributed by atoms with Crippen LogP contribution in [0.4, 0.5) is 10.9 Å². The summed E-state index contributed by atoms with van der Waals surface area (Å²) in [5.74, 6) is 1.23. The summed E-state index contributed by atoms with van der Waals surface area (Å²) in [4.78, 5) is 57.2. The third-order valence-corrected chi connectivity index (χ3v) is 12.4. The topological polar surface area (TPSA) is 213 Å². The van der Waals surface area contributed by atoms with Crippen molar-refractivity contribution < 1.29 is 23.6 Å². The lowest BCUT2D eigenvalue weighted by atomic mass is 9.72. The quantitative estimate of drug-likeness (QED) is 0.145. The third-order valence-electron chi connectivity index (χ3n) is 11.3. The predicted molar refractivity (Wildman–Crippen MR) is 211 cm³/mol. The van der Waals surface area contributed by atoms with E-state index in [1.807, 2.05) is 6.92 Å². The molecule has 0 radical (unpaired) electrons. The fraction of sp³-hybridized carbons (Fsp3) is 0.487. The molecule has 298 valence electrons. The van der Waals surface area contributed by atoms with E-state index in [1.54, 1.807) is 37.5 Å². The Hall–Kier alpha value is -5.64. The van der Waals surface area contributed by atoms with Crippen molar-refractivity contribution in [3.63, 3.8) is 0 Å². The highest BCUT2D eigenvalue weighted by molar-refractivity contribution is 7.16. The van der Waals surface area contributed by atoms with Crippen LogP contribution in [0.5, 0.6) is 5.75 Å². The molecule has 4 aromatic heterocycles. The molecule has 0 spiro atoms. The fourth-order valence-electron chi connectivity index (χ4n) is 8.40. The fourth-order valence-corrected chi connectivity index (χ4v) is 9.59. The zero-order valence-corrected chi connectivity index (χ0v) is 33.0. The number of nitrogens with zero attached hydrogens (tertiary/aromatic N) is 9. The summed E-state index contributed by atoms with van der Waals surface area (Å²) in [6, 6.07) is 8.80. The van der Waals surface area contributed by atoms with Crippen LogP contribution in [0.1, 0.15) is 73.9 Å². The van der Waals surface area contributed by atoms with Crippen LogP contribution in [0.2, 0.25) is 0 Å². The second-order valence-electron chi connectivity index (χ2n) is 15.1. The van der Waals surface area contributed by atoms with E-state index in [4.69, 9.17) is 29.7 Å². The van der Waals surface area contributed by atoms with Crippen molar-refractivity contribution in [3.05, 3.63) is 62.8 Å². The number of anilines is 2. The Morgan fingerprint density at radius 1 is 1.11 bits per heavy atom. The van der Waals surface area contributed by atoms with Crippen molar-refractivity contribution in [2.45, 2.75) is 69.9 Å². The maximum atomic E-state index is 13.1. The van der Waals surface area contributed by atoms with Gasteiger partial charge in [-0.2, -0.15) is 10.2 Å². The van der Waals surface area contributed by atoms with E-state index in [0.29, 0.717) is 70.5 Å². The van der Waals surface area contributed by atoms with Gasteiger partial charge < -0.3 is 24.6 Å². The molecule has 2 amide bonds. The number of carbonyl (C=O) groups is 2. The van der Waals surface area contributed by atoms with Gasteiger partial charge in [-0.25, -0.2) is 14.8 Å². The maximum Gasteiger partial charge on any atom is 0.329 e. The van der Waals surface area contributed by atoms with Crippen molar-refractivity contribution in [2.24, 2.45) is 7.05 Å². The number of imidazole rings is 1. The van der Waals surface area contributed by atoms with Crippen LogP contribution >= 0.6 is 11.3 Å². The minimum absolute atomic E-state index is 0.135. The van der Waals surface area contributed by atoms with E-state index < -0.39 is 17.4 Å². The molecule has 2 aliphatic heterocycles. The summed E-state index contributed by atoms with van der Waals surface area (Å²) in [7, 11) is 1.65. The number of nitriles is 1. The average Bonchev–Trinajstić information content (AvgIpc) is 3.86. The molecule has 18 heteroatoms. The number of piperidine rings is 1. The third kappa shape index (κ3) is 7.26. The van der Waals surface area contributed by atoms with Gasteiger partial charge in [-0.3, -0.25) is 28.9 Å². The molecule has 0 bridgehead atoms. The Labute approximate surface area is 332 Å². The van der Waals surface area contributed by atoms with E-state index in [1.165, 1.54) is 20.5 Å². The number of imide groups is 1. The van der Waals surface area contributed by atoms with E-state index in [0.717, 1.165) is 62.3 Å². The molecule has 1 unspecified atom stereocenters. The van der Waals surface area contributed by atoms with E-state index in [-0.39, 0.29) is 30.5 Å². The highest BCUT2D eigenvalue weighted by Gasteiger charge is 2.43. The molecule has 6 heterocycles. The highest BCUT2D eigenvalue weighted by Crippen LogP contribution is 2.48. The first-order valence-corrected chi connectivity index (χ1v) is 20.1. The minimum atomic E-state index is -0.737.